The number of pyridine rings is 1. The van der Waals surface area contributed by atoms with Crippen molar-refractivity contribution in [2.24, 2.45) is 0 Å². The number of para-hydroxylation sites is 2. The van der Waals surface area contributed by atoms with Crippen molar-refractivity contribution >= 4 is 5.69 Å². The minimum absolute atomic E-state index is 0.629. The fourth-order valence-electron chi connectivity index (χ4n) is 1.11. The maximum atomic E-state index is 5.73. The largest absolute Gasteiger partial charge is 0.455 e. The number of anilines is 1. The predicted molar refractivity (Wildman–Crippen MR) is 55.2 cm³/mol. The molecule has 0 saturated heterocycles. The molecule has 0 aliphatic carbocycles. The van der Waals surface area contributed by atoms with Crippen molar-refractivity contribution in [2.75, 3.05) is 5.73 Å². The van der Waals surface area contributed by atoms with Crippen molar-refractivity contribution in [2.45, 2.75) is 0 Å². The fourth-order valence-corrected chi connectivity index (χ4v) is 1.11. The van der Waals surface area contributed by atoms with Gasteiger partial charge in [0, 0.05) is 12.4 Å². The Labute approximate surface area is 82.2 Å². The Balaban J connectivity index is 2.24. The van der Waals surface area contributed by atoms with Crippen LogP contribution in [0.5, 0.6) is 11.5 Å². The molecule has 1 aromatic heterocycles. The lowest BCUT2D eigenvalue weighted by atomic mass is 10.3. The van der Waals surface area contributed by atoms with E-state index in [-0.39, 0.29) is 0 Å². The monoisotopic (exact) mass is 186 g/mol. The topological polar surface area (TPSA) is 48.1 Å². The summed E-state index contributed by atoms with van der Waals surface area (Å²) in [6.07, 6.45) is 3.35. The van der Waals surface area contributed by atoms with E-state index in [0.717, 1.165) is 5.75 Å². The molecule has 0 fully saturated rings. The summed E-state index contributed by atoms with van der Waals surface area (Å²) < 4.78 is 5.54. The van der Waals surface area contributed by atoms with Gasteiger partial charge in [0.2, 0.25) is 0 Å². The van der Waals surface area contributed by atoms with E-state index in [1.54, 1.807) is 30.6 Å². The highest BCUT2D eigenvalue weighted by atomic mass is 16.5. The van der Waals surface area contributed by atoms with Crippen molar-refractivity contribution in [3.05, 3.63) is 48.8 Å². The molecule has 3 nitrogen and oxygen atoms in total. The minimum Gasteiger partial charge on any atom is -0.455 e. The van der Waals surface area contributed by atoms with E-state index in [9.17, 15) is 0 Å². The van der Waals surface area contributed by atoms with Crippen LogP contribution in [-0.4, -0.2) is 4.98 Å². The van der Waals surface area contributed by atoms with Crippen molar-refractivity contribution in [3.8, 4) is 11.5 Å². The summed E-state index contributed by atoms with van der Waals surface area (Å²) >= 11 is 0. The maximum absolute atomic E-state index is 5.73. The van der Waals surface area contributed by atoms with Crippen LogP contribution in [0.25, 0.3) is 0 Å². The maximum Gasteiger partial charge on any atom is 0.150 e. The normalized spacial score (nSPS) is 9.71. The SMILES string of the molecule is Nc1ccccc1Oc1ccncc1. The molecule has 0 radical (unpaired) electrons. The fraction of sp³-hybridized carbons (Fsp3) is 0. The molecule has 2 aromatic rings. The zero-order valence-corrected chi connectivity index (χ0v) is 7.55. The van der Waals surface area contributed by atoms with Gasteiger partial charge in [-0.3, -0.25) is 4.98 Å². The molecule has 70 valence electrons. The van der Waals surface area contributed by atoms with Gasteiger partial charge >= 0.3 is 0 Å². The predicted octanol–water partition coefficient (Wildman–Crippen LogP) is 2.46. The molecule has 0 aliphatic heterocycles. The Bertz CT molecular complexity index is 415. The third-order valence-corrected chi connectivity index (χ3v) is 1.80. The molecule has 0 aliphatic rings. The number of nitrogen functional groups attached to an aromatic ring is 1. The number of benzene rings is 1. The molecule has 0 saturated carbocycles. The van der Waals surface area contributed by atoms with Gasteiger partial charge in [0.25, 0.3) is 0 Å². The van der Waals surface area contributed by atoms with Crippen LogP contribution < -0.4 is 10.5 Å². The van der Waals surface area contributed by atoms with Crippen molar-refractivity contribution in [1.82, 2.24) is 4.98 Å². The van der Waals surface area contributed by atoms with Gasteiger partial charge in [-0.1, -0.05) is 12.1 Å². The Kier molecular flexibility index (Phi) is 2.32. The average molecular weight is 186 g/mol. The number of rotatable bonds is 2. The van der Waals surface area contributed by atoms with Gasteiger partial charge in [-0.2, -0.15) is 0 Å². The van der Waals surface area contributed by atoms with Crippen LogP contribution in [0.3, 0.4) is 0 Å². The van der Waals surface area contributed by atoms with E-state index in [1.807, 2.05) is 18.2 Å². The lowest BCUT2D eigenvalue weighted by Gasteiger charge is -2.06. The molecule has 2 N–H and O–H groups in total. The van der Waals surface area contributed by atoms with E-state index >= 15 is 0 Å². The van der Waals surface area contributed by atoms with Gasteiger partial charge in [0.1, 0.15) is 11.5 Å². The summed E-state index contributed by atoms with van der Waals surface area (Å²) in [7, 11) is 0. The van der Waals surface area contributed by atoms with E-state index in [1.165, 1.54) is 0 Å². The van der Waals surface area contributed by atoms with Crippen molar-refractivity contribution in [3.63, 3.8) is 0 Å². The van der Waals surface area contributed by atoms with Crippen LogP contribution in [0.2, 0.25) is 0 Å². The van der Waals surface area contributed by atoms with Crippen LogP contribution in [0.1, 0.15) is 0 Å². The molecule has 1 heterocycles. The summed E-state index contributed by atoms with van der Waals surface area (Å²) in [4.78, 5) is 3.90. The van der Waals surface area contributed by atoms with E-state index in [4.69, 9.17) is 10.5 Å². The quantitative estimate of drug-likeness (QED) is 0.733. The van der Waals surface area contributed by atoms with Gasteiger partial charge in [0.05, 0.1) is 5.69 Å². The molecule has 0 spiro atoms. The molecule has 0 amide bonds. The standard InChI is InChI=1S/C11H10N2O/c12-10-3-1-2-4-11(10)14-9-5-7-13-8-6-9/h1-8H,12H2. The molecule has 0 unspecified atom stereocenters. The number of nitrogens with zero attached hydrogens (tertiary/aromatic N) is 1. The molecule has 0 bridgehead atoms. The third kappa shape index (κ3) is 1.82. The van der Waals surface area contributed by atoms with Crippen LogP contribution in [0, 0.1) is 0 Å². The lowest BCUT2D eigenvalue weighted by molar-refractivity contribution is 0.484. The number of hydrogen-bond donors (Lipinski definition) is 1. The zero-order valence-electron chi connectivity index (χ0n) is 7.55. The Morgan fingerprint density at radius 3 is 2.43 bits per heavy atom. The van der Waals surface area contributed by atoms with Gasteiger partial charge < -0.3 is 10.5 Å². The van der Waals surface area contributed by atoms with Crippen LogP contribution >= 0.6 is 0 Å². The molecular formula is C11H10N2O. The van der Waals surface area contributed by atoms with E-state index in [2.05, 4.69) is 4.98 Å². The Morgan fingerprint density at radius 1 is 1.00 bits per heavy atom. The highest BCUT2D eigenvalue weighted by molar-refractivity contribution is 5.53. The minimum atomic E-state index is 0.629. The average Bonchev–Trinajstić information content (AvgIpc) is 2.23. The van der Waals surface area contributed by atoms with Crippen molar-refractivity contribution in [1.29, 1.82) is 0 Å². The first-order chi connectivity index (χ1) is 6.86. The second-order valence-electron chi connectivity index (χ2n) is 2.82. The number of aromatic nitrogens is 1. The summed E-state index contributed by atoms with van der Waals surface area (Å²) in [5.41, 5.74) is 6.36. The summed E-state index contributed by atoms with van der Waals surface area (Å²) in [6.45, 7) is 0. The zero-order chi connectivity index (χ0) is 9.80. The smallest absolute Gasteiger partial charge is 0.150 e. The third-order valence-electron chi connectivity index (χ3n) is 1.80. The number of hydrogen-bond acceptors (Lipinski definition) is 3. The van der Waals surface area contributed by atoms with Crippen LogP contribution in [0.4, 0.5) is 5.69 Å². The molecule has 1 aromatic carbocycles. The molecular weight excluding hydrogens is 176 g/mol. The summed E-state index contributed by atoms with van der Waals surface area (Å²) in [5.74, 6) is 1.40. The van der Waals surface area contributed by atoms with E-state index < -0.39 is 0 Å². The first-order valence-electron chi connectivity index (χ1n) is 4.28. The van der Waals surface area contributed by atoms with E-state index in [0.29, 0.717) is 11.4 Å². The number of ether oxygens (including phenoxy) is 1. The summed E-state index contributed by atoms with van der Waals surface area (Å²) in [6, 6.07) is 11.0. The second kappa shape index (κ2) is 3.79. The highest BCUT2D eigenvalue weighted by Gasteiger charge is 1.99. The molecule has 0 atom stereocenters. The summed E-state index contributed by atoms with van der Waals surface area (Å²) in [5, 5.41) is 0. The van der Waals surface area contributed by atoms with Crippen LogP contribution in [0.15, 0.2) is 48.8 Å². The van der Waals surface area contributed by atoms with Gasteiger partial charge in [-0.25, -0.2) is 0 Å². The second-order valence-corrected chi connectivity index (χ2v) is 2.82. The highest BCUT2D eigenvalue weighted by Crippen LogP contribution is 2.25. The molecule has 2 rings (SSSR count). The Hall–Kier alpha value is -2.03. The Morgan fingerprint density at radius 2 is 1.71 bits per heavy atom. The number of nitrogens with two attached hydrogens (primary N) is 1. The van der Waals surface area contributed by atoms with Gasteiger partial charge in [-0.15, -0.1) is 0 Å². The van der Waals surface area contributed by atoms with Gasteiger partial charge in [0.15, 0.2) is 0 Å². The molecule has 14 heavy (non-hydrogen) atoms. The first kappa shape index (κ1) is 8.56. The molecule has 3 heteroatoms. The van der Waals surface area contributed by atoms with Gasteiger partial charge in [-0.05, 0) is 24.3 Å². The van der Waals surface area contributed by atoms with Crippen molar-refractivity contribution < 1.29 is 4.74 Å². The van der Waals surface area contributed by atoms with Crippen LogP contribution in [-0.2, 0) is 0 Å². The first-order valence-corrected chi connectivity index (χ1v) is 4.28. The lowest BCUT2D eigenvalue weighted by Crippen LogP contribution is -1.91.